The fourth-order valence-corrected chi connectivity index (χ4v) is 0.604. The third-order valence-electron chi connectivity index (χ3n) is 1.09. The van der Waals surface area contributed by atoms with Gasteiger partial charge in [0.2, 0.25) is 0 Å². The highest BCUT2D eigenvalue weighted by Gasteiger charge is 1.81. The van der Waals surface area contributed by atoms with Crippen molar-refractivity contribution in [2.75, 3.05) is 27.1 Å². The number of hydrogen-bond donors (Lipinski definition) is 1. The second-order valence-electron chi connectivity index (χ2n) is 2.09. The summed E-state index contributed by atoms with van der Waals surface area (Å²) in [5, 5.41) is 8.40. The lowest BCUT2D eigenvalue weighted by Gasteiger charge is -1.98. The molecular formula is C8H16O3. The summed E-state index contributed by atoms with van der Waals surface area (Å²) < 4.78 is 9.71. The molecule has 1 N–H and O–H groups in total. The highest BCUT2D eigenvalue weighted by molar-refractivity contribution is 4.80. The SMILES string of the molecule is COCOCC/C=C/CCO. The number of ether oxygens (including phenoxy) is 2. The quantitative estimate of drug-likeness (QED) is 0.342. The van der Waals surface area contributed by atoms with E-state index in [1.54, 1.807) is 7.11 Å². The van der Waals surface area contributed by atoms with Gasteiger partial charge in [0.15, 0.2) is 0 Å². The van der Waals surface area contributed by atoms with Gasteiger partial charge in [-0.15, -0.1) is 0 Å². The van der Waals surface area contributed by atoms with Crippen LogP contribution in [0.1, 0.15) is 12.8 Å². The lowest BCUT2D eigenvalue weighted by molar-refractivity contribution is -0.0285. The van der Waals surface area contributed by atoms with Crippen molar-refractivity contribution in [3.8, 4) is 0 Å². The molecule has 0 aliphatic carbocycles. The maximum absolute atomic E-state index is 8.40. The molecule has 0 rings (SSSR count). The Morgan fingerprint density at radius 3 is 2.64 bits per heavy atom. The van der Waals surface area contributed by atoms with Crippen molar-refractivity contribution in [3.63, 3.8) is 0 Å². The summed E-state index contributed by atoms with van der Waals surface area (Å²) in [4.78, 5) is 0. The van der Waals surface area contributed by atoms with E-state index in [1.807, 2.05) is 12.2 Å². The van der Waals surface area contributed by atoms with Gasteiger partial charge >= 0.3 is 0 Å². The Kier molecular flexibility index (Phi) is 9.29. The maximum Gasteiger partial charge on any atom is 0.146 e. The Morgan fingerprint density at radius 2 is 2.00 bits per heavy atom. The van der Waals surface area contributed by atoms with E-state index in [2.05, 4.69) is 4.74 Å². The largest absolute Gasteiger partial charge is 0.396 e. The molecule has 0 aromatic heterocycles. The molecule has 0 spiro atoms. The molecule has 0 aromatic carbocycles. The van der Waals surface area contributed by atoms with Crippen LogP contribution in [0.2, 0.25) is 0 Å². The summed E-state index contributed by atoms with van der Waals surface area (Å²) in [7, 11) is 1.60. The van der Waals surface area contributed by atoms with Crippen molar-refractivity contribution in [1.82, 2.24) is 0 Å². The van der Waals surface area contributed by atoms with E-state index in [1.165, 1.54) is 0 Å². The second kappa shape index (κ2) is 9.62. The minimum absolute atomic E-state index is 0.218. The van der Waals surface area contributed by atoms with Gasteiger partial charge in [-0.3, -0.25) is 0 Å². The minimum atomic E-state index is 0.218. The standard InChI is InChI=1S/C8H16O3/c1-10-8-11-7-5-3-2-4-6-9/h2-3,9H,4-8H2,1H3/b3-2+. The zero-order valence-electron chi connectivity index (χ0n) is 6.95. The summed E-state index contributed by atoms with van der Waals surface area (Å²) >= 11 is 0. The monoisotopic (exact) mass is 160 g/mol. The summed E-state index contributed by atoms with van der Waals surface area (Å²) in [5.74, 6) is 0. The molecule has 0 aliphatic rings. The fraction of sp³-hybridized carbons (Fsp3) is 0.750. The van der Waals surface area contributed by atoms with Crippen LogP contribution in [0.5, 0.6) is 0 Å². The number of rotatable bonds is 7. The van der Waals surface area contributed by atoms with Gasteiger partial charge in [0.25, 0.3) is 0 Å². The highest BCUT2D eigenvalue weighted by Crippen LogP contribution is 1.87. The van der Waals surface area contributed by atoms with E-state index in [-0.39, 0.29) is 6.61 Å². The highest BCUT2D eigenvalue weighted by atomic mass is 16.7. The molecule has 11 heavy (non-hydrogen) atoms. The molecule has 0 radical (unpaired) electrons. The smallest absolute Gasteiger partial charge is 0.146 e. The first kappa shape index (κ1) is 10.6. The summed E-state index contributed by atoms with van der Waals surface area (Å²) in [6, 6.07) is 0. The van der Waals surface area contributed by atoms with E-state index >= 15 is 0 Å². The number of methoxy groups -OCH3 is 1. The molecular weight excluding hydrogens is 144 g/mol. The van der Waals surface area contributed by atoms with Crippen molar-refractivity contribution in [1.29, 1.82) is 0 Å². The summed E-state index contributed by atoms with van der Waals surface area (Å²) in [6.07, 6.45) is 5.54. The summed E-state index contributed by atoms with van der Waals surface area (Å²) in [5.41, 5.74) is 0. The third kappa shape index (κ3) is 9.62. The predicted octanol–water partition coefficient (Wildman–Crippen LogP) is 0.936. The van der Waals surface area contributed by atoms with E-state index in [0.717, 1.165) is 12.8 Å². The lowest BCUT2D eigenvalue weighted by atomic mass is 10.3. The molecule has 3 heteroatoms. The molecule has 0 aromatic rings. The molecule has 0 atom stereocenters. The number of aliphatic hydroxyl groups is 1. The molecule has 0 aliphatic heterocycles. The van der Waals surface area contributed by atoms with Crippen LogP contribution in [0.15, 0.2) is 12.2 Å². The van der Waals surface area contributed by atoms with Crippen molar-refractivity contribution in [3.05, 3.63) is 12.2 Å². The molecule has 0 fully saturated rings. The molecule has 66 valence electrons. The Labute approximate surface area is 67.6 Å². The van der Waals surface area contributed by atoms with Gasteiger partial charge in [0.05, 0.1) is 6.61 Å². The van der Waals surface area contributed by atoms with Gasteiger partial charge in [-0.25, -0.2) is 0 Å². The summed E-state index contributed by atoms with van der Waals surface area (Å²) in [6.45, 7) is 1.25. The van der Waals surface area contributed by atoms with Gasteiger partial charge in [0.1, 0.15) is 6.79 Å². The van der Waals surface area contributed by atoms with Crippen LogP contribution in [0.4, 0.5) is 0 Å². The zero-order valence-corrected chi connectivity index (χ0v) is 6.95. The molecule has 3 nitrogen and oxygen atoms in total. The fourth-order valence-electron chi connectivity index (χ4n) is 0.604. The maximum atomic E-state index is 8.40. The van der Waals surface area contributed by atoms with Crippen molar-refractivity contribution < 1.29 is 14.6 Å². The van der Waals surface area contributed by atoms with Crippen LogP contribution in [0.3, 0.4) is 0 Å². The Morgan fingerprint density at radius 1 is 1.27 bits per heavy atom. The van der Waals surface area contributed by atoms with E-state index < -0.39 is 0 Å². The number of aliphatic hydroxyl groups excluding tert-OH is 1. The lowest BCUT2D eigenvalue weighted by Crippen LogP contribution is -1.96. The van der Waals surface area contributed by atoms with Gasteiger partial charge in [-0.05, 0) is 12.8 Å². The predicted molar refractivity (Wildman–Crippen MR) is 43.3 cm³/mol. The van der Waals surface area contributed by atoms with Crippen LogP contribution in [-0.4, -0.2) is 32.2 Å². The van der Waals surface area contributed by atoms with Crippen LogP contribution in [-0.2, 0) is 9.47 Å². The Balaban J connectivity index is 2.89. The minimum Gasteiger partial charge on any atom is -0.396 e. The van der Waals surface area contributed by atoms with Crippen molar-refractivity contribution in [2.45, 2.75) is 12.8 Å². The van der Waals surface area contributed by atoms with Crippen LogP contribution < -0.4 is 0 Å². The van der Waals surface area contributed by atoms with E-state index in [9.17, 15) is 0 Å². The first-order chi connectivity index (χ1) is 5.41. The Hall–Kier alpha value is -0.380. The second-order valence-corrected chi connectivity index (χ2v) is 2.09. The van der Waals surface area contributed by atoms with E-state index in [0.29, 0.717) is 13.4 Å². The van der Waals surface area contributed by atoms with Gasteiger partial charge < -0.3 is 14.6 Å². The molecule has 0 amide bonds. The van der Waals surface area contributed by atoms with E-state index in [4.69, 9.17) is 9.84 Å². The van der Waals surface area contributed by atoms with Crippen LogP contribution >= 0.6 is 0 Å². The average molecular weight is 160 g/mol. The van der Waals surface area contributed by atoms with Gasteiger partial charge in [-0.1, -0.05) is 12.2 Å². The third-order valence-corrected chi connectivity index (χ3v) is 1.09. The van der Waals surface area contributed by atoms with Crippen molar-refractivity contribution in [2.24, 2.45) is 0 Å². The topological polar surface area (TPSA) is 38.7 Å². The van der Waals surface area contributed by atoms with Crippen LogP contribution in [0.25, 0.3) is 0 Å². The normalized spacial score (nSPS) is 11.1. The first-order valence-electron chi connectivity index (χ1n) is 3.74. The van der Waals surface area contributed by atoms with Gasteiger partial charge in [-0.2, -0.15) is 0 Å². The Bertz CT molecular complexity index is 91.3. The average Bonchev–Trinajstić information content (AvgIpc) is 2.03. The van der Waals surface area contributed by atoms with Crippen LogP contribution in [0, 0.1) is 0 Å². The molecule has 0 bridgehead atoms. The molecule has 0 saturated carbocycles. The number of hydrogen-bond acceptors (Lipinski definition) is 3. The van der Waals surface area contributed by atoms with Crippen molar-refractivity contribution >= 4 is 0 Å². The molecule has 0 heterocycles. The van der Waals surface area contributed by atoms with Gasteiger partial charge in [0, 0.05) is 13.7 Å². The molecule has 0 unspecified atom stereocenters. The first-order valence-corrected chi connectivity index (χ1v) is 3.74. The molecule has 0 saturated heterocycles. The zero-order chi connectivity index (χ0) is 8.36.